The summed E-state index contributed by atoms with van der Waals surface area (Å²) in [4.78, 5) is 16.9. The lowest BCUT2D eigenvalue weighted by atomic mass is 10.2. The maximum absolute atomic E-state index is 12.4. The molecule has 0 spiro atoms. The molecule has 0 aliphatic carbocycles. The number of rotatable bonds is 5. The van der Waals surface area contributed by atoms with Crippen molar-refractivity contribution in [3.05, 3.63) is 65.8 Å². The Morgan fingerprint density at radius 1 is 1.10 bits per heavy atom. The molecule has 30 heavy (non-hydrogen) atoms. The Morgan fingerprint density at radius 2 is 2.00 bits per heavy atom. The van der Waals surface area contributed by atoms with Crippen molar-refractivity contribution in [3.8, 4) is 34.5 Å². The van der Waals surface area contributed by atoms with E-state index in [0.29, 0.717) is 39.6 Å². The van der Waals surface area contributed by atoms with Gasteiger partial charge in [-0.2, -0.15) is 4.98 Å². The number of ether oxygens (including phenoxy) is 2. The Kier molecular flexibility index (Phi) is 4.61. The molecule has 2 aromatic carbocycles. The molecule has 0 atom stereocenters. The van der Waals surface area contributed by atoms with Crippen molar-refractivity contribution in [2.24, 2.45) is 0 Å². The molecule has 9 heteroatoms. The van der Waals surface area contributed by atoms with Gasteiger partial charge in [-0.3, -0.25) is 4.79 Å². The van der Waals surface area contributed by atoms with E-state index in [0.717, 1.165) is 5.56 Å². The summed E-state index contributed by atoms with van der Waals surface area (Å²) in [6.45, 7) is 0.275. The van der Waals surface area contributed by atoms with E-state index < -0.39 is 0 Å². The summed E-state index contributed by atoms with van der Waals surface area (Å²) in [5.74, 6) is 1.84. The Morgan fingerprint density at radius 3 is 2.90 bits per heavy atom. The van der Waals surface area contributed by atoms with Crippen LogP contribution in [-0.2, 0) is 11.3 Å². The second kappa shape index (κ2) is 7.57. The predicted molar refractivity (Wildman–Crippen MR) is 109 cm³/mol. The van der Waals surface area contributed by atoms with Crippen molar-refractivity contribution in [1.82, 2.24) is 14.7 Å². The lowest BCUT2D eigenvalue weighted by Gasteiger charge is -2.08. The van der Waals surface area contributed by atoms with Crippen LogP contribution in [0.1, 0.15) is 0 Å². The van der Waals surface area contributed by atoms with E-state index in [1.807, 2.05) is 18.2 Å². The first kappa shape index (κ1) is 18.3. The molecule has 0 unspecified atom stereocenters. The van der Waals surface area contributed by atoms with Crippen molar-refractivity contribution >= 4 is 23.2 Å². The third-order valence-electron chi connectivity index (χ3n) is 4.53. The maximum Gasteiger partial charge on any atom is 0.274 e. The zero-order valence-corrected chi connectivity index (χ0v) is 16.3. The van der Waals surface area contributed by atoms with Gasteiger partial charge in [0.1, 0.15) is 12.2 Å². The fraction of sp³-hybridized carbons (Fsp3) is 0.0952. The number of carbonyl (C=O) groups excluding carboxylic acids is 1. The molecule has 0 saturated carbocycles. The van der Waals surface area contributed by atoms with E-state index in [1.54, 1.807) is 47.2 Å². The number of aromatic nitrogens is 3. The van der Waals surface area contributed by atoms with E-state index >= 15 is 0 Å². The molecule has 2 aromatic heterocycles. The summed E-state index contributed by atoms with van der Waals surface area (Å²) in [5, 5.41) is 7.42. The molecule has 8 nitrogen and oxygen atoms in total. The third kappa shape index (κ3) is 3.60. The Bertz CT molecular complexity index is 1230. The van der Waals surface area contributed by atoms with E-state index in [-0.39, 0.29) is 19.2 Å². The summed E-state index contributed by atoms with van der Waals surface area (Å²) in [7, 11) is 0. The molecule has 1 aliphatic rings. The summed E-state index contributed by atoms with van der Waals surface area (Å²) < 4.78 is 17.9. The number of nitrogens with zero attached hydrogens (tertiary/aromatic N) is 3. The van der Waals surface area contributed by atoms with Crippen LogP contribution in [0.5, 0.6) is 11.5 Å². The summed E-state index contributed by atoms with van der Waals surface area (Å²) in [6.07, 6.45) is 1.78. The summed E-state index contributed by atoms with van der Waals surface area (Å²) in [6, 6.07) is 16.0. The zero-order valence-electron chi connectivity index (χ0n) is 15.5. The first-order valence-electron chi connectivity index (χ1n) is 9.10. The molecular formula is C21H15ClN4O4. The number of hydrogen-bond acceptors (Lipinski definition) is 6. The highest BCUT2D eigenvalue weighted by Gasteiger charge is 2.19. The average molecular weight is 423 g/mol. The monoisotopic (exact) mass is 422 g/mol. The lowest BCUT2D eigenvalue weighted by Crippen LogP contribution is -2.18. The van der Waals surface area contributed by atoms with Crippen LogP contribution in [0, 0.1) is 0 Å². The molecule has 3 heterocycles. The van der Waals surface area contributed by atoms with E-state index in [2.05, 4.69) is 15.5 Å². The van der Waals surface area contributed by atoms with Gasteiger partial charge in [-0.05, 0) is 48.5 Å². The Hall–Kier alpha value is -3.78. The van der Waals surface area contributed by atoms with Gasteiger partial charge in [-0.15, -0.1) is 0 Å². The molecule has 1 aliphatic heterocycles. The van der Waals surface area contributed by atoms with Gasteiger partial charge >= 0.3 is 0 Å². The minimum Gasteiger partial charge on any atom is -0.454 e. The second-order valence-electron chi connectivity index (χ2n) is 6.57. The lowest BCUT2D eigenvalue weighted by molar-refractivity contribution is -0.116. The Labute approximate surface area is 176 Å². The molecule has 0 fully saturated rings. The Balaban J connectivity index is 1.34. The van der Waals surface area contributed by atoms with E-state index in [9.17, 15) is 4.79 Å². The largest absolute Gasteiger partial charge is 0.454 e. The van der Waals surface area contributed by atoms with Crippen LogP contribution in [0.15, 0.2) is 65.3 Å². The van der Waals surface area contributed by atoms with Gasteiger partial charge in [-0.25, -0.2) is 0 Å². The quantitative estimate of drug-likeness (QED) is 0.517. The number of benzene rings is 2. The van der Waals surface area contributed by atoms with Gasteiger partial charge in [0, 0.05) is 22.5 Å². The van der Waals surface area contributed by atoms with Crippen LogP contribution < -0.4 is 14.8 Å². The van der Waals surface area contributed by atoms with Gasteiger partial charge < -0.3 is 23.9 Å². The van der Waals surface area contributed by atoms with E-state index in [4.69, 9.17) is 25.6 Å². The SMILES string of the molecule is O=C(Cn1cccc1-c1nc(-c2ccc3c(c2)OCO3)no1)Nc1cccc(Cl)c1. The third-order valence-corrected chi connectivity index (χ3v) is 4.76. The number of anilines is 1. The zero-order chi connectivity index (χ0) is 20.5. The van der Waals surface area contributed by atoms with Gasteiger partial charge in [-0.1, -0.05) is 22.8 Å². The van der Waals surface area contributed by atoms with Gasteiger partial charge in [0.25, 0.3) is 5.89 Å². The van der Waals surface area contributed by atoms with Crippen LogP contribution in [0.3, 0.4) is 0 Å². The normalized spacial score (nSPS) is 12.2. The van der Waals surface area contributed by atoms with Crippen molar-refractivity contribution in [2.75, 3.05) is 12.1 Å². The number of nitrogens with one attached hydrogen (secondary N) is 1. The van der Waals surface area contributed by atoms with Crippen molar-refractivity contribution in [1.29, 1.82) is 0 Å². The molecular weight excluding hydrogens is 408 g/mol. The average Bonchev–Trinajstić information content (AvgIpc) is 3.47. The topological polar surface area (TPSA) is 91.4 Å². The predicted octanol–water partition coefficient (Wildman–Crippen LogP) is 4.23. The van der Waals surface area contributed by atoms with Crippen LogP contribution in [0.4, 0.5) is 5.69 Å². The second-order valence-corrected chi connectivity index (χ2v) is 7.01. The molecule has 150 valence electrons. The minimum atomic E-state index is -0.203. The molecule has 1 amide bonds. The highest BCUT2D eigenvalue weighted by atomic mass is 35.5. The fourth-order valence-corrected chi connectivity index (χ4v) is 3.34. The minimum absolute atomic E-state index is 0.0799. The molecule has 0 radical (unpaired) electrons. The van der Waals surface area contributed by atoms with Crippen LogP contribution in [-0.4, -0.2) is 27.4 Å². The fourth-order valence-electron chi connectivity index (χ4n) is 3.15. The van der Waals surface area contributed by atoms with Crippen molar-refractivity contribution in [3.63, 3.8) is 0 Å². The highest BCUT2D eigenvalue weighted by Crippen LogP contribution is 2.35. The van der Waals surface area contributed by atoms with Gasteiger partial charge in [0.15, 0.2) is 11.5 Å². The first-order valence-corrected chi connectivity index (χ1v) is 9.48. The summed E-state index contributed by atoms with van der Waals surface area (Å²) >= 11 is 5.96. The molecule has 1 N–H and O–H groups in total. The van der Waals surface area contributed by atoms with E-state index in [1.165, 1.54) is 0 Å². The standard InChI is InChI=1S/C21H15ClN4O4/c22-14-3-1-4-15(10-14)23-19(27)11-26-8-2-5-16(26)21-24-20(25-30-21)13-6-7-17-18(9-13)29-12-28-17/h1-10H,11-12H2,(H,23,27). The maximum atomic E-state index is 12.4. The van der Waals surface area contributed by atoms with Crippen molar-refractivity contribution < 1.29 is 18.8 Å². The molecule has 0 bridgehead atoms. The number of carbonyl (C=O) groups is 1. The highest BCUT2D eigenvalue weighted by molar-refractivity contribution is 6.30. The molecule has 0 saturated heterocycles. The van der Waals surface area contributed by atoms with Crippen molar-refractivity contribution in [2.45, 2.75) is 6.54 Å². The number of halogens is 1. The first-order chi connectivity index (χ1) is 14.7. The van der Waals surface area contributed by atoms with Crippen LogP contribution >= 0.6 is 11.6 Å². The number of fused-ring (bicyclic) bond motifs is 1. The molecule has 4 aromatic rings. The van der Waals surface area contributed by atoms with Crippen LogP contribution in [0.2, 0.25) is 5.02 Å². The smallest absolute Gasteiger partial charge is 0.274 e. The summed E-state index contributed by atoms with van der Waals surface area (Å²) in [5.41, 5.74) is 2.01. The number of hydrogen-bond donors (Lipinski definition) is 1. The van der Waals surface area contributed by atoms with Crippen LogP contribution in [0.25, 0.3) is 23.0 Å². The van der Waals surface area contributed by atoms with Gasteiger partial charge in [0.05, 0.1) is 0 Å². The molecule has 5 rings (SSSR count). The number of amides is 1. The van der Waals surface area contributed by atoms with Gasteiger partial charge in [0.2, 0.25) is 18.5 Å².